The quantitative estimate of drug-likeness (QED) is 0.316. The number of alkyl halides is 3. The van der Waals surface area contributed by atoms with Gasteiger partial charge in [-0.1, -0.05) is 24.6 Å². The van der Waals surface area contributed by atoms with E-state index >= 15 is 0 Å². The average molecular weight is 499 g/mol. The standard InChI is InChI=1S/C25H18ClF3N4O2/c1-2-22-30-12-10-20(33-22)18-7-4-11-31-24(18)35-21-13-15(8-9-19(21)26)23(34)32-17-6-3-5-16(14-17)25(27,28)29/h3-14H,2H2,1H3,(H,32,34). The van der Waals surface area contributed by atoms with Gasteiger partial charge in [0.25, 0.3) is 5.91 Å². The van der Waals surface area contributed by atoms with Gasteiger partial charge in [-0.3, -0.25) is 4.79 Å². The predicted octanol–water partition coefficient (Wildman–Crippen LogP) is 6.82. The molecule has 0 fully saturated rings. The van der Waals surface area contributed by atoms with Crippen molar-refractivity contribution >= 4 is 23.2 Å². The van der Waals surface area contributed by atoms with E-state index < -0.39 is 17.6 Å². The lowest BCUT2D eigenvalue weighted by atomic mass is 10.1. The summed E-state index contributed by atoms with van der Waals surface area (Å²) in [6, 6.07) is 13.9. The molecular weight excluding hydrogens is 481 g/mol. The molecule has 0 aliphatic heterocycles. The highest BCUT2D eigenvalue weighted by Crippen LogP contribution is 2.35. The predicted molar refractivity (Wildman–Crippen MR) is 126 cm³/mol. The molecule has 0 spiro atoms. The van der Waals surface area contributed by atoms with E-state index in [4.69, 9.17) is 16.3 Å². The molecule has 1 amide bonds. The number of aryl methyl sites for hydroxylation is 1. The molecule has 0 aliphatic carbocycles. The van der Waals surface area contributed by atoms with Crippen molar-refractivity contribution < 1.29 is 22.7 Å². The Bertz CT molecular complexity index is 1380. The van der Waals surface area contributed by atoms with Crippen molar-refractivity contribution in [3.05, 3.63) is 95.0 Å². The van der Waals surface area contributed by atoms with Crippen molar-refractivity contribution in [1.82, 2.24) is 15.0 Å². The number of nitrogens with one attached hydrogen (secondary N) is 1. The lowest BCUT2D eigenvalue weighted by molar-refractivity contribution is -0.137. The van der Waals surface area contributed by atoms with Crippen molar-refractivity contribution in [2.75, 3.05) is 5.32 Å². The minimum atomic E-state index is -4.52. The fourth-order valence-corrected chi connectivity index (χ4v) is 3.35. The summed E-state index contributed by atoms with van der Waals surface area (Å²) in [6.45, 7) is 1.94. The summed E-state index contributed by atoms with van der Waals surface area (Å²) in [5.41, 5.74) is 0.474. The van der Waals surface area contributed by atoms with E-state index in [1.165, 1.54) is 30.3 Å². The zero-order valence-corrected chi connectivity index (χ0v) is 19.1. The van der Waals surface area contributed by atoms with Crippen LogP contribution < -0.4 is 10.1 Å². The van der Waals surface area contributed by atoms with Crippen LogP contribution in [0.25, 0.3) is 11.3 Å². The zero-order valence-electron chi connectivity index (χ0n) is 18.3. The first-order valence-electron chi connectivity index (χ1n) is 10.5. The van der Waals surface area contributed by atoms with Crippen LogP contribution in [0.2, 0.25) is 5.02 Å². The number of carbonyl (C=O) groups excluding carboxylic acids is 1. The lowest BCUT2D eigenvalue weighted by Gasteiger charge is -2.13. The number of hydrogen-bond acceptors (Lipinski definition) is 5. The Morgan fingerprint density at radius 1 is 1.03 bits per heavy atom. The van der Waals surface area contributed by atoms with Crippen LogP contribution in [-0.4, -0.2) is 20.9 Å². The molecule has 6 nitrogen and oxygen atoms in total. The van der Waals surface area contributed by atoms with Crippen molar-refractivity contribution in [2.24, 2.45) is 0 Å². The summed E-state index contributed by atoms with van der Waals surface area (Å²) < 4.78 is 44.9. The smallest absolute Gasteiger partial charge is 0.416 e. The van der Waals surface area contributed by atoms with Gasteiger partial charge in [0.1, 0.15) is 11.6 Å². The lowest BCUT2D eigenvalue weighted by Crippen LogP contribution is -2.13. The van der Waals surface area contributed by atoms with Gasteiger partial charge in [-0.25, -0.2) is 15.0 Å². The minimum Gasteiger partial charge on any atom is -0.437 e. The summed E-state index contributed by atoms with van der Waals surface area (Å²) in [5.74, 6) is 0.387. The Labute approximate surface area is 203 Å². The van der Waals surface area contributed by atoms with Gasteiger partial charge in [0.2, 0.25) is 5.88 Å². The molecule has 10 heteroatoms. The Kier molecular flexibility index (Phi) is 6.97. The van der Waals surface area contributed by atoms with Gasteiger partial charge in [0, 0.05) is 30.1 Å². The van der Waals surface area contributed by atoms with Gasteiger partial charge in [-0.2, -0.15) is 13.2 Å². The maximum Gasteiger partial charge on any atom is 0.416 e. The van der Waals surface area contributed by atoms with Crippen LogP contribution in [0.15, 0.2) is 73.1 Å². The summed E-state index contributed by atoms with van der Waals surface area (Å²) in [6.07, 6.45) is -0.689. The van der Waals surface area contributed by atoms with Gasteiger partial charge in [-0.15, -0.1) is 0 Å². The maximum absolute atomic E-state index is 13.0. The number of ether oxygens (including phenoxy) is 1. The highest BCUT2D eigenvalue weighted by molar-refractivity contribution is 6.32. The SMILES string of the molecule is CCc1nccc(-c2cccnc2Oc2cc(C(=O)Nc3cccc(C(F)(F)F)c3)ccc2Cl)n1. The fraction of sp³-hybridized carbons (Fsp3) is 0.120. The monoisotopic (exact) mass is 498 g/mol. The number of aromatic nitrogens is 3. The normalized spacial score (nSPS) is 11.2. The van der Waals surface area contributed by atoms with Crippen molar-refractivity contribution in [2.45, 2.75) is 19.5 Å². The molecule has 0 aliphatic rings. The second kappa shape index (κ2) is 10.1. The highest BCUT2D eigenvalue weighted by Gasteiger charge is 2.30. The summed E-state index contributed by atoms with van der Waals surface area (Å²) in [4.78, 5) is 25.7. The van der Waals surface area contributed by atoms with Crippen molar-refractivity contribution in [1.29, 1.82) is 0 Å². The van der Waals surface area contributed by atoms with E-state index in [1.54, 1.807) is 30.6 Å². The molecule has 2 aromatic carbocycles. The molecule has 2 heterocycles. The maximum atomic E-state index is 13.0. The number of amides is 1. The van der Waals surface area contributed by atoms with Crippen LogP contribution >= 0.6 is 11.6 Å². The van der Waals surface area contributed by atoms with E-state index in [9.17, 15) is 18.0 Å². The Morgan fingerprint density at radius 2 is 1.86 bits per heavy atom. The van der Waals surface area contributed by atoms with E-state index in [-0.39, 0.29) is 27.9 Å². The van der Waals surface area contributed by atoms with Gasteiger partial charge in [-0.05, 0) is 54.6 Å². The second-order valence-electron chi connectivity index (χ2n) is 7.35. The van der Waals surface area contributed by atoms with Crippen LogP contribution in [-0.2, 0) is 12.6 Å². The van der Waals surface area contributed by atoms with Crippen LogP contribution in [0.4, 0.5) is 18.9 Å². The van der Waals surface area contributed by atoms with Crippen LogP contribution in [0, 0.1) is 0 Å². The second-order valence-corrected chi connectivity index (χ2v) is 7.75. The molecule has 1 N–H and O–H groups in total. The number of carbonyl (C=O) groups is 1. The van der Waals surface area contributed by atoms with Crippen LogP contribution in [0.3, 0.4) is 0 Å². The molecule has 178 valence electrons. The number of hydrogen-bond donors (Lipinski definition) is 1. The van der Waals surface area contributed by atoms with Gasteiger partial charge in [0.05, 0.1) is 21.8 Å². The number of anilines is 1. The molecular formula is C25H18ClF3N4O2. The minimum absolute atomic E-state index is 0.00439. The van der Waals surface area contributed by atoms with Crippen molar-refractivity contribution in [3.63, 3.8) is 0 Å². The number of benzene rings is 2. The number of rotatable bonds is 6. The first kappa shape index (κ1) is 24.2. The summed E-state index contributed by atoms with van der Waals surface area (Å²) in [7, 11) is 0. The molecule has 0 radical (unpaired) electrons. The molecule has 0 bridgehead atoms. The Morgan fingerprint density at radius 3 is 2.63 bits per heavy atom. The molecule has 0 saturated carbocycles. The third kappa shape index (κ3) is 5.75. The first-order chi connectivity index (χ1) is 16.7. The fourth-order valence-electron chi connectivity index (χ4n) is 3.19. The zero-order chi connectivity index (χ0) is 25.0. The average Bonchev–Trinajstić information content (AvgIpc) is 2.85. The molecule has 2 aromatic heterocycles. The molecule has 0 unspecified atom stereocenters. The van der Waals surface area contributed by atoms with Crippen LogP contribution in [0.5, 0.6) is 11.6 Å². The van der Waals surface area contributed by atoms with E-state index in [1.807, 2.05) is 6.92 Å². The Balaban J connectivity index is 1.60. The first-order valence-corrected chi connectivity index (χ1v) is 10.9. The highest BCUT2D eigenvalue weighted by atomic mass is 35.5. The van der Waals surface area contributed by atoms with E-state index in [0.717, 1.165) is 12.1 Å². The molecule has 4 rings (SSSR count). The third-order valence-electron chi connectivity index (χ3n) is 4.92. The van der Waals surface area contributed by atoms with Crippen LogP contribution in [0.1, 0.15) is 28.7 Å². The third-order valence-corrected chi connectivity index (χ3v) is 5.23. The largest absolute Gasteiger partial charge is 0.437 e. The topological polar surface area (TPSA) is 77.0 Å². The molecule has 0 saturated heterocycles. The van der Waals surface area contributed by atoms with Crippen molar-refractivity contribution in [3.8, 4) is 22.9 Å². The molecule has 0 atom stereocenters. The van der Waals surface area contributed by atoms with Gasteiger partial charge < -0.3 is 10.1 Å². The van der Waals surface area contributed by atoms with E-state index in [0.29, 0.717) is 23.5 Å². The van der Waals surface area contributed by atoms with E-state index in [2.05, 4.69) is 20.3 Å². The molecule has 4 aromatic rings. The number of nitrogens with zero attached hydrogens (tertiary/aromatic N) is 3. The van der Waals surface area contributed by atoms with Gasteiger partial charge >= 0.3 is 6.18 Å². The molecule has 35 heavy (non-hydrogen) atoms. The Hall–Kier alpha value is -3.98. The number of halogens is 4. The van der Waals surface area contributed by atoms with Gasteiger partial charge in [0.15, 0.2) is 0 Å². The summed E-state index contributed by atoms with van der Waals surface area (Å²) in [5, 5.41) is 2.68. The number of pyridine rings is 1. The summed E-state index contributed by atoms with van der Waals surface area (Å²) >= 11 is 6.29.